The number of hydrogen-bond donors (Lipinski definition) is 0. The number of aromatic nitrogens is 2. The Balaban J connectivity index is 1.61. The Kier molecular flexibility index (Phi) is 16.6. The van der Waals surface area contributed by atoms with Gasteiger partial charge in [-0.2, -0.15) is 0 Å². The van der Waals surface area contributed by atoms with E-state index in [9.17, 15) is 4.79 Å². The Bertz CT molecular complexity index is 802. The zero-order valence-corrected chi connectivity index (χ0v) is 23.1. The summed E-state index contributed by atoms with van der Waals surface area (Å²) >= 11 is 0. The van der Waals surface area contributed by atoms with Crippen LogP contribution < -0.4 is 0 Å². The highest BCUT2D eigenvalue weighted by Crippen LogP contribution is 2.17. The number of carbonyl (C=O) groups is 1. The monoisotopic (exact) mass is 494 g/mol. The molecular weight excluding hydrogens is 444 g/mol. The lowest BCUT2D eigenvalue weighted by Gasteiger charge is -2.06. The smallest absolute Gasteiger partial charge is 0.338 e. The molecule has 0 spiro atoms. The maximum absolute atomic E-state index is 12.3. The minimum atomic E-state index is -0.250. The number of nitrogens with zero attached hydrogens (tertiary/aromatic N) is 2. The van der Waals surface area contributed by atoms with E-state index in [2.05, 4.69) is 23.8 Å². The molecular formula is C32H50N2O2. The molecule has 2 aromatic rings. The number of esters is 1. The molecule has 2 rings (SSSR count). The molecule has 4 nitrogen and oxygen atoms in total. The molecule has 0 unspecified atom stereocenters. The van der Waals surface area contributed by atoms with Crippen molar-refractivity contribution in [2.75, 3.05) is 6.61 Å². The maximum Gasteiger partial charge on any atom is 0.338 e. The summed E-state index contributed by atoms with van der Waals surface area (Å²) in [7, 11) is 0. The molecule has 0 bridgehead atoms. The number of aryl methyl sites for hydroxylation is 1. The van der Waals surface area contributed by atoms with Crippen LogP contribution >= 0.6 is 0 Å². The maximum atomic E-state index is 12.3. The van der Waals surface area contributed by atoms with Crippen molar-refractivity contribution in [1.82, 2.24) is 9.97 Å². The van der Waals surface area contributed by atoms with Crippen LogP contribution in [-0.4, -0.2) is 22.5 Å². The van der Waals surface area contributed by atoms with Crippen molar-refractivity contribution in [2.45, 2.75) is 129 Å². The van der Waals surface area contributed by atoms with Gasteiger partial charge in [0.25, 0.3) is 0 Å². The van der Waals surface area contributed by atoms with Crippen molar-refractivity contribution in [3.8, 4) is 11.4 Å². The Morgan fingerprint density at radius 3 is 1.64 bits per heavy atom. The van der Waals surface area contributed by atoms with Crippen LogP contribution in [0.4, 0.5) is 0 Å². The molecule has 0 saturated heterocycles. The zero-order valence-electron chi connectivity index (χ0n) is 23.1. The number of hydrogen-bond acceptors (Lipinski definition) is 4. The summed E-state index contributed by atoms with van der Waals surface area (Å²) in [6.07, 6.45) is 26.9. The average molecular weight is 495 g/mol. The Labute approximate surface area is 220 Å². The molecule has 200 valence electrons. The first kappa shape index (κ1) is 30.0. The minimum Gasteiger partial charge on any atom is -0.462 e. The number of unbranched alkanes of at least 4 members (excludes halogenated alkanes) is 15. The van der Waals surface area contributed by atoms with E-state index in [0.29, 0.717) is 18.0 Å². The molecule has 1 heterocycles. The first-order valence-corrected chi connectivity index (χ1v) is 14.8. The van der Waals surface area contributed by atoms with Gasteiger partial charge in [-0.05, 0) is 37.0 Å². The van der Waals surface area contributed by atoms with Gasteiger partial charge in [-0.25, -0.2) is 14.8 Å². The van der Waals surface area contributed by atoms with Gasteiger partial charge < -0.3 is 4.74 Å². The normalized spacial score (nSPS) is 11.1. The molecule has 0 aliphatic rings. The summed E-state index contributed by atoms with van der Waals surface area (Å²) in [5, 5.41) is 0. The van der Waals surface area contributed by atoms with Gasteiger partial charge in [-0.15, -0.1) is 0 Å². The van der Waals surface area contributed by atoms with Gasteiger partial charge in [0.1, 0.15) is 0 Å². The number of carbonyl (C=O) groups excluding carboxylic acids is 1. The van der Waals surface area contributed by atoms with E-state index < -0.39 is 0 Å². The van der Waals surface area contributed by atoms with Crippen molar-refractivity contribution in [2.24, 2.45) is 0 Å². The third-order valence-electron chi connectivity index (χ3n) is 6.88. The first-order valence-electron chi connectivity index (χ1n) is 14.8. The van der Waals surface area contributed by atoms with Crippen molar-refractivity contribution < 1.29 is 9.53 Å². The molecule has 36 heavy (non-hydrogen) atoms. The van der Waals surface area contributed by atoms with E-state index in [4.69, 9.17) is 4.74 Å². The molecule has 0 fully saturated rings. The van der Waals surface area contributed by atoms with Crippen LogP contribution in [0.2, 0.25) is 0 Å². The lowest BCUT2D eigenvalue weighted by molar-refractivity contribution is 0.0497. The fraction of sp³-hybridized carbons (Fsp3) is 0.656. The third kappa shape index (κ3) is 13.2. The van der Waals surface area contributed by atoms with E-state index in [-0.39, 0.29) is 5.97 Å². The van der Waals surface area contributed by atoms with Crippen LogP contribution in [0.25, 0.3) is 11.4 Å². The van der Waals surface area contributed by atoms with Gasteiger partial charge in [-0.1, -0.05) is 122 Å². The zero-order chi connectivity index (χ0) is 25.7. The summed E-state index contributed by atoms with van der Waals surface area (Å²) < 4.78 is 5.43. The molecule has 0 aliphatic heterocycles. The summed E-state index contributed by atoms with van der Waals surface area (Å²) in [6.45, 7) is 5.00. The molecule has 0 saturated carbocycles. The summed E-state index contributed by atoms with van der Waals surface area (Å²) in [5.74, 6) is 0.449. The van der Waals surface area contributed by atoms with Gasteiger partial charge in [-0.3, -0.25) is 0 Å². The predicted molar refractivity (Wildman–Crippen MR) is 151 cm³/mol. The topological polar surface area (TPSA) is 52.1 Å². The second-order valence-electron chi connectivity index (χ2n) is 10.2. The van der Waals surface area contributed by atoms with E-state index in [1.165, 1.54) is 102 Å². The van der Waals surface area contributed by atoms with E-state index in [0.717, 1.165) is 24.8 Å². The standard InChI is InChI=1S/C32H50N2O2/c1-3-5-7-9-11-12-13-14-16-18-20-28-26-33-31(34-27-28)29-21-23-30(24-22-29)32(35)36-25-19-17-15-10-8-6-4-2/h21-24,26-27H,3-20,25H2,1-2H3. The van der Waals surface area contributed by atoms with Gasteiger partial charge in [0.05, 0.1) is 12.2 Å². The van der Waals surface area contributed by atoms with E-state index >= 15 is 0 Å². The fourth-order valence-corrected chi connectivity index (χ4v) is 4.51. The molecule has 0 aliphatic carbocycles. The van der Waals surface area contributed by atoms with Crippen LogP contribution in [0.3, 0.4) is 0 Å². The molecule has 1 aromatic heterocycles. The summed E-state index contributed by atoms with van der Waals surface area (Å²) in [4.78, 5) is 21.4. The molecule has 0 N–H and O–H groups in total. The van der Waals surface area contributed by atoms with Crippen molar-refractivity contribution in [1.29, 1.82) is 0 Å². The Hall–Kier alpha value is -2.23. The van der Waals surface area contributed by atoms with Gasteiger partial charge in [0.2, 0.25) is 0 Å². The summed E-state index contributed by atoms with van der Waals surface area (Å²) in [5.41, 5.74) is 2.70. The Morgan fingerprint density at radius 2 is 1.11 bits per heavy atom. The van der Waals surface area contributed by atoms with Crippen molar-refractivity contribution >= 4 is 5.97 Å². The van der Waals surface area contributed by atoms with Crippen LogP contribution in [0.1, 0.15) is 139 Å². The van der Waals surface area contributed by atoms with Crippen LogP contribution in [-0.2, 0) is 11.2 Å². The second kappa shape index (κ2) is 19.9. The van der Waals surface area contributed by atoms with Crippen molar-refractivity contribution in [3.05, 3.63) is 47.8 Å². The average Bonchev–Trinajstić information content (AvgIpc) is 2.91. The van der Waals surface area contributed by atoms with E-state index in [1.54, 1.807) is 0 Å². The van der Waals surface area contributed by atoms with Crippen molar-refractivity contribution in [3.63, 3.8) is 0 Å². The molecule has 0 radical (unpaired) electrons. The Morgan fingerprint density at radius 1 is 0.639 bits per heavy atom. The van der Waals surface area contributed by atoms with E-state index in [1.807, 2.05) is 36.7 Å². The second-order valence-corrected chi connectivity index (χ2v) is 10.2. The SMILES string of the molecule is CCCCCCCCCCCCc1cnc(-c2ccc(C(=O)OCCCCCCCCC)cc2)nc1. The molecule has 4 heteroatoms. The van der Waals surface area contributed by atoms with Gasteiger partial charge in [0.15, 0.2) is 5.82 Å². The van der Waals surface area contributed by atoms with Gasteiger partial charge in [0, 0.05) is 18.0 Å². The van der Waals surface area contributed by atoms with Crippen LogP contribution in [0.5, 0.6) is 0 Å². The highest BCUT2D eigenvalue weighted by molar-refractivity contribution is 5.89. The quantitative estimate of drug-likeness (QED) is 0.128. The number of ether oxygens (including phenoxy) is 1. The number of rotatable bonds is 21. The molecule has 0 amide bonds. The fourth-order valence-electron chi connectivity index (χ4n) is 4.51. The third-order valence-corrected chi connectivity index (χ3v) is 6.88. The van der Waals surface area contributed by atoms with Crippen LogP contribution in [0.15, 0.2) is 36.7 Å². The highest BCUT2D eigenvalue weighted by atomic mass is 16.5. The highest BCUT2D eigenvalue weighted by Gasteiger charge is 2.08. The molecule has 0 atom stereocenters. The first-order chi connectivity index (χ1) is 17.7. The lowest BCUT2D eigenvalue weighted by Crippen LogP contribution is -2.06. The minimum absolute atomic E-state index is 0.250. The largest absolute Gasteiger partial charge is 0.462 e. The molecule has 1 aromatic carbocycles. The van der Waals surface area contributed by atoms with Gasteiger partial charge >= 0.3 is 5.97 Å². The lowest BCUT2D eigenvalue weighted by atomic mass is 10.0. The predicted octanol–water partition coefficient (Wildman–Crippen LogP) is 9.51. The van der Waals surface area contributed by atoms with Crippen LogP contribution in [0, 0.1) is 0 Å². The summed E-state index contributed by atoms with van der Waals surface area (Å²) in [6, 6.07) is 7.43. The number of benzene rings is 1.